The molecule has 8 nitrogen and oxygen atoms in total. The molecule has 0 radical (unpaired) electrons. The van der Waals surface area contributed by atoms with E-state index >= 15 is 0 Å². The van der Waals surface area contributed by atoms with Crippen molar-refractivity contribution in [2.45, 2.75) is 25.5 Å². The molecule has 8 heteroatoms. The number of carbonyl (C=O) groups excluding carboxylic acids is 4. The second-order valence-electron chi connectivity index (χ2n) is 6.59. The molecule has 1 saturated heterocycles. The Kier molecular flexibility index (Phi) is 4.40. The van der Waals surface area contributed by atoms with Gasteiger partial charge < -0.3 is 5.73 Å². The van der Waals surface area contributed by atoms with E-state index < -0.39 is 29.7 Å². The number of hydrogen-bond donors (Lipinski definition) is 1. The predicted octanol–water partition coefficient (Wildman–Crippen LogP) is 1.51. The van der Waals surface area contributed by atoms with Gasteiger partial charge >= 0.3 is 0 Å². The van der Waals surface area contributed by atoms with Crippen LogP contribution in [0, 0.1) is 0 Å². The number of hydroxylamine groups is 2. The summed E-state index contributed by atoms with van der Waals surface area (Å²) in [6, 6.07) is 12.5. The van der Waals surface area contributed by atoms with Gasteiger partial charge in [0.15, 0.2) is 0 Å². The lowest BCUT2D eigenvalue weighted by Crippen LogP contribution is -2.55. The van der Waals surface area contributed by atoms with Crippen molar-refractivity contribution >= 4 is 29.3 Å². The van der Waals surface area contributed by atoms with E-state index in [1.54, 1.807) is 18.2 Å². The van der Waals surface area contributed by atoms with Crippen LogP contribution in [-0.2, 0) is 21.0 Å². The number of nitrogens with zero attached hydrogens (tertiary/aromatic N) is 2. The van der Waals surface area contributed by atoms with E-state index in [-0.39, 0.29) is 36.3 Å². The maximum Gasteiger partial charge on any atom is 0.276 e. The van der Waals surface area contributed by atoms with Crippen LogP contribution in [0.2, 0.25) is 0 Å². The number of hydrogen-bond acceptors (Lipinski definition) is 6. The quantitative estimate of drug-likeness (QED) is 0.637. The number of rotatable bonds is 4. The minimum atomic E-state index is -1.11. The number of nitrogen functional groups attached to an aromatic ring is 1. The lowest BCUT2D eigenvalue weighted by Gasteiger charge is -2.33. The zero-order valence-corrected chi connectivity index (χ0v) is 14.8. The fourth-order valence-corrected chi connectivity index (χ4v) is 3.44. The Bertz CT molecular complexity index is 989. The van der Waals surface area contributed by atoms with Gasteiger partial charge in [-0.05, 0) is 24.1 Å². The van der Waals surface area contributed by atoms with Crippen LogP contribution in [0.4, 0.5) is 5.69 Å². The van der Waals surface area contributed by atoms with E-state index in [1.165, 1.54) is 12.1 Å². The number of benzene rings is 2. The van der Waals surface area contributed by atoms with Crippen molar-refractivity contribution < 1.29 is 24.0 Å². The normalized spacial score (nSPS) is 19.4. The summed E-state index contributed by atoms with van der Waals surface area (Å²) in [5, 5.41) is 0.661. The summed E-state index contributed by atoms with van der Waals surface area (Å²) < 4.78 is 0. The van der Waals surface area contributed by atoms with Crippen molar-refractivity contribution in [2.24, 2.45) is 0 Å². The topological polar surface area (TPSA) is 110 Å². The Morgan fingerprint density at radius 3 is 2.43 bits per heavy atom. The number of fused-ring (bicyclic) bond motifs is 1. The molecule has 0 bridgehead atoms. The van der Waals surface area contributed by atoms with Gasteiger partial charge in [0.25, 0.3) is 23.6 Å². The number of nitrogens with two attached hydrogens (primary N) is 1. The number of amides is 4. The number of anilines is 1. The van der Waals surface area contributed by atoms with Gasteiger partial charge in [-0.25, -0.2) is 0 Å². The Morgan fingerprint density at radius 1 is 0.964 bits per heavy atom. The summed E-state index contributed by atoms with van der Waals surface area (Å²) in [5.74, 6) is -2.47. The summed E-state index contributed by atoms with van der Waals surface area (Å²) in [5.41, 5.74) is 7.04. The third-order valence-corrected chi connectivity index (χ3v) is 4.84. The summed E-state index contributed by atoms with van der Waals surface area (Å²) in [4.78, 5) is 56.9. The van der Waals surface area contributed by atoms with E-state index in [4.69, 9.17) is 10.6 Å². The smallest absolute Gasteiger partial charge is 0.276 e. The minimum absolute atomic E-state index is 0.0140. The van der Waals surface area contributed by atoms with Gasteiger partial charge in [0, 0.05) is 12.1 Å². The molecule has 1 atom stereocenters. The zero-order chi connectivity index (χ0) is 19.8. The molecule has 2 aromatic rings. The van der Waals surface area contributed by atoms with Crippen molar-refractivity contribution in [1.82, 2.24) is 9.96 Å². The molecule has 142 valence electrons. The highest BCUT2D eigenvalue weighted by Crippen LogP contribution is 2.32. The van der Waals surface area contributed by atoms with Crippen LogP contribution in [0.5, 0.6) is 0 Å². The van der Waals surface area contributed by atoms with Crippen molar-refractivity contribution in [3.05, 3.63) is 65.2 Å². The molecule has 28 heavy (non-hydrogen) atoms. The molecule has 2 aliphatic heterocycles. The summed E-state index contributed by atoms with van der Waals surface area (Å²) in [6.45, 7) is 0.0140. The Hall–Kier alpha value is -3.52. The predicted molar refractivity (Wildman–Crippen MR) is 97.5 cm³/mol. The van der Waals surface area contributed by atoms with E-state index in [2.05, 4.69) is 0 Å². The molecule has 1 unspecified atom stereocenters. The molecule has 2 heterocycles. The second-order valence-corrected chi connectivity index (χ2v) is 6.59. The number of imide groups is 2. The maximum atomic E-state index is 12.9. The van der Waals surface area contributed by atoms with Gasteiger partial charge in [0.2, 0.25) is 0 Å². The van der Waals surface area contributed by atoms with Gasteiger partial charge in [-0.2, -0.15) is 5.06 Å². The highest BCUT2D eigenvalue weighted by molar-refractivity contribution is 6.25. The fourth-order valence-electron chi connectivity index (χ4n) is 3.44. The lowest BCUT2D eigenvalue weighted by atomic mass is 10.0. The first-order valence-corrected chi connectivity index (χ1v) is 8.79. The van der Waals surface area contributed by atoms with E-state index in [0.717, 1.165) is 10.5 Å². The van der Waals surface area contributed by atoms with E-state index in [1.807, 2.05) is 18.2 Å². The monoisotopic (exact) mass is 379 g/mol. The average Bonchev–Trinajstić information content (AvgIpc) is 2.95. The first kappa shape index (κ1) is 17.9. The molecule has 0 saturated carbocycles. The minimum Gasteiger partial charge on any atom is -0.398 e. The van der Waals surface area contributed by atoms with E-state index in [9.17, 15) is 19.2 Å². The molecule has 2 aromatic carbocycles. The molecular weight excluding hydrogens is 362 g/mol. The molecule has 2 N–H and O–H groups in total. The Morgan fingerprint density at radius 2 is 1.71 bits per heavy atom. The highest BCUT2D eigenvalue weighted by atomic mass is 16.7. The number of piperidine rings is 1. The second kappa shape index (κ2) is 6.90. The van der Waals surface area contributed by atoms with Crippen LogP contribution in [-0.4, -0.2) is 39.6 Å². The van der Waals surface area contributed by atoms with Gasteiger partial charge in [0.05, 0.1) is 11.1 Å². The van der Waals surface area contributed by atoms with Crippen molar-refractivity contribution in [1.29, 1.82) is 0 Å². The van der Waals surface area contributed by atoms with Crippen molar-refractivity contribution in [2.75, 3.05) is 5.73 Å². The lowest BCUT2D eigenvalue weighted by molar-refractivity contribution is -0.206. The zero-order valence-electron chi connectivity index (χ0n) is 14.8. The standard InChI is InChI=1S/C20H17N3O5/c21-14-8-4-7-13-17(14)20(27)22(18(13)25)15-9-10-16(24)23(19(15)26)28-11-12-5-2-1-3-6-12/h1-8,15H,9-11,21H2. The average molecular weight is 379 g/mol. The van der Waals surface area contributed by atoms with Crippen LogP contribution in [0.25, 0.3) is 0 Å². The maximum absolute atomic E-state index is 12.9. The van der Waals surface area contributed by atoms with Gasteiger partial charge in [-0.15, -0.1) is 0 Å². The highest BCUT2D eigenvalue weighted by Gasteiger charge is 2.48. The Labute approximate surface area is 160 Å². The molecule has 1 fully saturated rings. The molecule has 0 aromatic heterocycles. The first-order valence-electron chi connectivity index (χ1n) is 8.79. The molecule has 0 aliphatic carbocycles. The number of carbonyl (C=O) groups is 4. The SMILES string of the molecule is Nc1cccc2c1C(=O)N(C1CCC(=O)N(OCc3ccccc3)C1=O)C2=O. The van der Waals surface area contributed by atoms with Crippen molar-refractivity contribution in [3.8, 4) is 0 Å². The van der Waals surface area contributed by atoms with Crippen molar-refractivity contribution in [3.63, 3.8) is 0 Å². The largest absolute Gasteiger partial charge is 0.398 e. The summed E-state index contributed by atoms with van der Waals surface area (Å²) in [7, 11) is 0. The van der Waals surface area contributed by atoms with Crippen LogP contribution in [0.1, 0.15) is 39.1 Å². The van der Waals surface area contributed by atoms with Crippen LogP contribution < -0.4 is 5.73 Å². The molecule has 4 amide bonds. The van der Waals surface area contributed by atoms with Gasteiger partial charge in [0.1, 0.15) is 12.6 Å². The van der Waals surface area contributed by atoms with Crippen LogP contribution in [0.3, 0.4) is 0 Å². The molecular formula is C20H17N3O5. The summed E-state index contributed by atoms with van der Waals surface area (Å²) in [6.07, 6.45) is 0.0301. The Balaban J connectivity index is 1.57. The van der Waals surface area contributed by atoms with Gasteiger partial charge in [-0.1, -0.05) is 36.4 Å². The van der Waals surface area contributed by atoms with Crippen LogP contribution >= 0.6 is 0 Å². The molecule has 2 aliphatic rings. The van der Waals surface area contributed by atoms with E-state index in [0.29, 0.717) is 5.06 Å². The third kappa shape index (κ3) is 2.84. The first-order chi connectivity index (χ1) is 13.5. The summed E-state index contributed by atoms with van der Waals surface area (Å²) >= 11 is 0. The van der Waals surface area contributed by atoms with Crippen LogP contribution in [0.15, 0.2) is 48.5 Å². The molecule has 4 rings (SSSR count). The van der Waals surface area contributed by atoms with Gasteiger partial charge in [-0.3, -0.25) is 28.9 Å². The molecule has 0 spiro atoms. The third-order valence-electron chi connectivity index (χ3n) is 4.84. The fraction of sp³-hybridized carbons (Fsp3) is 0.200.